The maximum absolute atomic E-state index is 12.5. The van der Waals surface area contributed by atoms with Crippen molar-refractivity contribution in [2.45, 2.75) is 50.8 Å². The first-order valence-corrected chi connectivity index (χ1v) is 11.1. The van der Waals surface area contributed by atoms with Gasteiger partial charge in [-0.15, -0.1) is 0 Å². The molecule has 1 aliphatic heterocycles. The van der Waals surface area contributed by atoms with Gasteiger partial charge in [0.1, 0.15) is 24.4 Å². The number of aromatic amines is 1. The molecule has 0 spiro atoms. The van der Waals surface area contributed by atoms with Gasteiger partial charge in [0.2, 0.25) is 0 Å². The number of benzene rings is 2. The van der Waals surface area contributed by atoms with E-state index in [1.807, 2.05) is 60.7 Å². The summed E-state index contributed by atoms with van der Waals surface area (Å²) in [6.07, 6.45) is -3.67. The molecule has 3 aromatic rings. The van der Waals surface area contributed by atoms with Crippen molar-refractivity contribution in [2.75, 3.05) is 6.61 Å². The molecule has 34 heavy (non-hydrogen) atoms. The first-order chi connectivity index (χ1) is 16.5. The van der Waals surface area contributed by atoms with Gasteiger partial charge < -0.3 is 24.4 Å². The highest BCUT2D eigenvalue weighted by molar-refractivity contribution is 5.14. The van der Waals surface area contributed by atoms with Gasteiger partial charge in [-0.25, -0.2) is 4.79 Å². The molecule has 180 valence electrons. The maximum Gasteiger partial charge on any atom is 0.330 e. The van der Waals surface area contributed by atoms with Crippen molar-refractivity contribution >= 4 is 0 Å². The van der Waals surface area contributed by atoms with Crippen LogP contribution in [0, 0.1) is 6.92 Å². The Kier molecular flexibility index (Phi) is 7.71. The van der Waals surface area contributed by atoms with Crippen molar-refractivity contribution in [2.24, 2.45) is 0 Å². The van der Waals surface area contributed by atoms with Crippen LogP contribution in [0.5, 0.6) is 0 Å². The fourth-order valence-corrected chi connectivity index (χ4v) is 3.97. The lowest BCUT2D eigenvalue weighted by Crippen LogP contribution is -2.43. The summed E-state index contributed by atoms with van der Waals surface area (Å²) in [7, 11) is 0. The van der Waals surface area contributed by atoms with Gasteiger partial charge in [0.05, 0.1) is 19.8 Å². The zero-order valence-electron chi connectivity index (χ0n) is 18.7. The molecule has 0 unspecified atom stereocenters. The van der Waals surface area contributed by atoms with Crippen molar-refractivity contribution < 1.29 is 24.4 Å². The minimum absolute atomic E-state index is 0.186. The summed E-state index contributed by atoms with van der Waals surface area (Å²) < 4.78 is 19.2. The zero-order valence-corrected chi connectivity index (χ0v) is 18.7. The van der Waals surface area contributed by atoms with Gasteiger partial charge in [-0.05, 0) is 18.1 Å². The van der Waals surface area contributed by atoms with Gasteiger partial charge in [-0.2, -0.15) is 0 Å². The lowest BCUT2D eigenvalue weighted by molar-refractivity contribution is -0.137. The highest BCUT2D eigenvalue weighted by Crippen LogP contribution is 2.34. The molecule has 0 amide bonds. The number of nitrogens with zero attached hydrogens (tertiary/aromatic N) is 1. The third kappa shape index (κ3) is 5.35. The fourth-order valence-electron chi connectivity index (χ4n) is 3.97. The SMILES string of the molecule is Cc1cn([C@@H]2O[C@H]([C@H](CO)OCc3ccccc3)[C@@H](OCc3ccccc3)[C@H]2O)c(=O)[nH]c1=O. The molecule has 0 saturated carbocycles. The minimum Gasteiger partial charge on any atom is -0.394 e. The Morgan fingerprint density at radius 1 is 1.03 bits per heavy atom. The van der Waals surface area contributed by atoms with E-state index in [1.54, 1.807) is 6.92 Å². The van der Waals surface area contributed by atoms with E-state index < -0.39 is 41.9 Å². The van der Waals surface area contributed by atoms with E-state index in [0.29, 0.717) is 5.56 Å². The monoisotopic (exact) mass is 468 g/mol. The van der Waals surface area contributed by atoms with Crippen molar-refractivity contribution in [3.8, 4) is 0 Å². The Hall–Kier alpha value is -3.08. The Labute approximate surface area is 196 Å². The van der Waals surface area contributed by atoms with Gasteiger partial charge >= 0.3 is 5.69 Å². The number of aliphatic hydroxyl groups is 2. The number of H-pyrrole nitrogens is 1. The number of aryl methyl sites for hydroxylation is 1. The molecule has 1 aromatic heterocycles. The molecule has 1 aliphatic rings. The molecule has 9 heteroatoms. The second-order valence-electron chi connectivity index (χ2n) is 8.24. The number of hydrogen-bond donors (Lipinski definition) is 3. The lowest BCUT2D eigenvalue weighted by atomic mass is 10.0. The highest BCUT2D eigenvalue weighted by Gasteiger charge is 2.49. The third-order valence-corrected chi connectivity index (χ3v) is 5.81. The fraction of sp³-hybridized carbons (Fsp3) is 0.360. The Bertz CT molecular complexity index is 1180. The van der Waals surface area contributed by atoms with Crippen LogP contribution in [0.3, 0.4) is 0 Å². The molecule has 4 rings (SSSR count). The molecule has 1 fully saturated rings. The first kappa shape index (κ1) is 24.1. The van der Waals surface area contributed by atoms with E-state index in [9.17, 15) is 19.8 Å². The molecule has 1 saturated heterocycles. The van der Waals surface area contributed by atoms with E-state index in [-0.39, 0.29) is 19.8 Å². The van der Waals surface area contributed by atoms with Crippen LogP contribution < -0.4 is 11.2 Å². The van der Waals surface area contributed by atoms with Gasteiger partial charge in [-0.3, -0.25) is 14.3 Å². The summed E-state index contributed by atoms with van der Waals surface area (Å²) in [6.45, 7) is 1.57. The van der Waals surface area contributed by atoms with Gasteiger partial charge in [-0.1, -0.05) is 60.7 Å². The van der Waals surface area contributed by atoms with Crippen LogP contribution in [0.1, 0.15) is 22.9 Å². The Balaban J connectivity index is 1.59. The number of aliphatic hydroxyl groups excluding tert-OH is 2. The van der Waals surface area contributed by atoms with E-state index in [0.717, 1.165) is 15.7 Å². The van der Waals surface area contributed by atoms with Crippen LogP contribution in [-0.2, 0) is 27.4 Å². The average Bonchev–Trinajstić information content (AvgIpc) is 3.17. The second-order valence-corrected chi connectivity index (χ2v) is 8.24. The van der Waals surface area contributed by atoms with E-state index in [4.69, 9.17) is 14.2 Å². The van der Waals surface area contributed by atoms with Gasteiger partial charge in [0.15, 0.2) is 6.23 Å². The summed E-state index contributed by atoms with van der Waals surface area (Å²) >= 11 is 0. The van der Waals surface area contributed by atoms with Crippen molar-refractivity contribution in [3.63, 3.8) is 0 Å². The molecule has 2 heterocycles. The molecule has 0 radical (unpaired) electrons. The molecule has 0 aliphatic carbocycles. The quantitative estimate of drug-likeness (QED) is 0.432. The van der Waals surface area contributed by atoms with Crippen LogP contribution in [0.4, 0.5) is 0 Å². The summed E-state index contributed by atoms with van der Waals surface area (Å²) in [5, 5.41) is 21.2. The topological polar surface area (TPSA) is 123 Å². The molecule has 9 nitrogen and oxygen atoms in total. The molecular formula is C25H28N2O7. The molecule has 2 aromatic carbocycles. The molecule has 5 atom stereocenters. The van der Waals surface area contributed by atoms with Gasteiger partial charge in [0.25, 0.3) is 5.56 Å². The number of rotatable bonds is 9. The predicted molar refractivity (Wildman–Crippen MR) is 123 cm³/mol. The summed E-state index contributed by atoms with van der Waals surface area (Å²) in [6, 6.07) is 18.9. The van der Waals surface area contributed by atoms with Crippen molar-refractivity contribution in [3.05, 3.63) is 104 Å². The second kappa shape index (κ2) is 10.9. The standard InChI is InChI=1S/C25H28N2O7/c1-16-12-27(25(31)26-23(16)30)24-20(29)22(33-15-18-10-6-3-7-11-18)21(34-24)19(13-28)32-14-17-8-4-2-5-9-17/h2-12,19-22,24,28-29H,13-15H2,1H3,(H,26,30,31)/t19-,20+,21+,22-,24+/m0/s1. The lowest BCUT2D eigenvalue weighted by Gasteiger charge is -2.27. The van der Waals surface area contributed by atoms with Gasteiger partial charge in [0, 0.05) is 11.8 Å². The largest absolute Gasteiger partial charge is 0.394 e. The van der Waals surface area contributed by atoms with Crippen LogP contribution >= 0.6 is 0 Å². The number of ether oxygens (including phenoxy) is 3. The molecular weight excluding hydrogens is 440 g/mol. The molecule has 3 N–H and O–H groups in total. The Morgan fingerprint density at radius 3 is 2.26 bits per heavy atom. The normalized spacial score (nSPS) is 23.1. The van der Waals surface area contributed by atoms with E-state index in [1.165, 1.54) is 6.20 Å². The Morgan fingerprint density at radius 2 is 1.65 bits per heavy atom. The van der Waals surface area contributed by atoms with Crippen molar-refractivity contribution in [1.82, 2.24) is 9.55 Å². The van der Waals surface area contributed by atoms with Crippen LogP contribution in [-0.4, -0.2) is 50.8 Å². The predicted octanol–water partition coefficient (Wildman–Crippen LogP) is 1.27. The van der Waals surface area contributed by atoms with E-state index >= 15 is 0 Å². The minimum atomic E-state index is -1.26. The van der Waals surface area contributed by atoms with Crippen LogP contribution in [0.2, 0.25) is 0 Å². The van der Waals surface area contributed by atoms with Crippen LogP contribution in [0.15, 0.2) is 76.4 Å². The maximum atomic E-state index is 12.5. The van der Waals surface area contributed by atoms with Crippen LogP contribution in [0.25, 0.3) is 0 Å². The summed E-state index contributed by atoms with van der Waals surface area (Å²) in [5.41, 5.74) is 0.860. The summed E-state index contributed by atoms with van der Waals surface area (Å²) in [4.78, 5) is 26.5. The highest BCUT2D eigenvalue weighted by atomic mass is 16.6. The number of aromatic nitrogens is 2. The summed E-state index contributed by atoms with van der Waals surface area (Å²) in [5.74, 6) is 0. The smallest absolute Gasteiger partial charge is 0.330 e. The first-order valence-electron chi connectivity index (χ1n) is 11.1. The molecule has 0 bridgehead atoms. The average molecular weight is 469 g/mol. The van der Waals surface area contributed by atoms with Crippen molar-refractivity contribution in [1.29, 1.82) is 0 Å². The third-order valence-electron chi connectivity index (χ3n) is 5.81. The number of hydrogen-bond acceptors (Lipinski definition) is 7. The number of nitrogens with one attached hydrogen (secondary N) is 1. The van der Waals surface area contributed by atoms with E-state index in [2.05, 4.69) is 4.98 Å². The zero-order chi connectivity index (χ0) is 24.1.